The highest BCUT2D eigenvalue weighted by atomic mass is 14.9. The van der Waals surface area contributed by atoms with E-state index in [1.54, 1.807) is 0 Å². The Morgan fingerprint density at radius 3 is 2.58 bits per heavy atom. The number of piperidine rings is 1. The van der Waals surface area contributed by atoms with E-state index in [9.17, 15) is 0 Å². The highest BCUT2D eigenvalue weighted by Gasteiger charge is 2.13. The van der Waals surface area contributed by atoms with Crippen LogP contribution < -0.4 is 5.32 Å². The van der Waals surface area contributed by atoms with Crippen molar-refractivity contribution >= 4 is 0 Å². The molecule has 1 aromatic carbocycles. The molecule has 19 heavy (non-hydrogen) atoms. The van der Waals surface area contributed by atoms with Gasteiger partial charge in [-0.2, -0.15) is 0 Å². The van der Waals surface area contributed by atoms with Gasteiger partial charge in [-0.15, -0.1) is 0 Å². The van der Waals surface area contributed by atoms with Crippen molar-refractivity contribution < 1.29 is 0 Å². The molecular weight excluding hydrogens is 232 g/mol. The van der Waals surface area contributed by atoms with Gasteiger partial charge < -0.3 is 5.32 Å². The summed E-state index contributed by atoms with van der Waals surface area (Å²) >= 11 is 0. The molecule has 2 aromatic rings. The second-order valence-corrected chi connectivity index (χ2v) is 5.33. The maximum atomic E-state index is 4.08. The highest BCUT2D eigenvalue weighted by molar-refractivity contribution is 5.63. The first-order chi connectivity index (χ1) is 9.42. The molecule has 1 aliphatic rings. The molecule has 2 heteroatoms. The zero-order valence-electron chi connectivity index (χ0n) is 11.2. The first-order valence-corrected chi connectivity index (χ1v) is 7.12. The molecule has 0 radical (unpaired) electrons. The summed E-state index contributed by atoms with van der Waals surface area (Å²) in [5.74, 6) is 0.842. The number of nitrogens with one attached hydrogen (secondary N) is 1. The van der Waals surface area contributed by atoms with Crippen LogP contribution in [-0.2, 0) is 6.42 Å². The van der Waals surface area contributed by atoms with Crippen molar-refractivity contribution in [2.24, 2.45) is 5.92 Å². The van der Waals surface area contributed by atoms with Gasteiger partial charge in [-0.25, -0.2) is 0 Å². The Balaban J connectivity index is 1.76. The van der Waals surface area contributed by atoms with Crippen molar-refractivity contribution in [1.82, 2.24) is 10.3 Å². The Labute approximate surface area is 114 Å². The number of pyridine rings is 1. The molecule has 1 N–H and O–H groups in total. The van der Waals surface area contributed by atoms with Crippen LogP contribution >= 0.6 is 0 Å². The minimum absolute atomic E-state index is 0.842. The minimum atomic E-state index is 0.842. The molecule has 0 aliphatic carbocycles. The molecule has 1 saturated heterocycles. The van der Waals surface area contributed by atoms with Crippen LogP contribution in [0.25, 0.3) is 11.1 Å². The average molecular weight is 252 g/mol. The Bertz CT molecular complexity index is 516. The summed E-state index contributed by atoms with van der Waals surface area (Å²) in [6, 6.07) is 13.1. The molecule has 1 aliphatic heterocycles. The van der Waals surface area contributed by atoms with Gasteiger partial charge in [0.15, 0.2) is 0 Å². The van der Waals surface area contributed by atoms with Crippen LogP contribution in [0.2, 0.25) is 0 Å². The quantitative estimate of drug-likeness (QED) is 0.906. The third-order valence-corrected chi connectivity index (χ3v) is 3.92. The van der Waals surface area contributed by atoms with Crippen molar-refractivity contribution in [2.75, 3.05) is 13.1 Å². The summed E-state index contributed by atoms with van der Waals surface area (Å²) in [6.07, 6.45) is 7.53. The highest BCUT2D eigenvalue weighted by Crippen LogP contribution is 2.23. The standard InChI is InChI=1S/C17H20N2/c1-2-15(12-14-4-8-18-9-5-14)13-17(3-1)16-6-10-19-11-7-16/h1-3,6-7,10-11,13-14,18H,4-5,8-9,12H2. The summed E-state index contributed by atoms with van der Waals surface area (Å²) in [6.45, 7) is 2.35. The third-order valence-electron chi connectivity index (χ3n) is 3.92. The van der Waals surface area contributed by atoms with Gasteiger partial charge in [0.1, 0.15) is 0 Å². The molecule has 0 saturated carbocycles. The first kappa shape index (κ1) is 12.4. The smallest absolute Gasteiger partial charge is 0.0273 e. The first-order valence-electron chi connectivity index (χ1n) is 7.12. The molecule has 0 bridgehead atoms. The summed E-state index contributed by atoms with van der Waals surface area (Å²) in [7, 11) is 0. The summed E-state index contributed by atoms with van der Waals surface area (Å²) in [4.78, 5) is 4.08. The van der Waals surface area contributed by atoms with Crippen molar-refractivity contribution in [3.63, 3.8) is 0 Å². The fraction of sp³-hybridized carbons (Fsp3) is 0.353. The lowest BCUT2D eigenvalue weighted by molar-refractivity contribution is 0.373. The maximum absolute atomic E-state index is 4.08. The molecule has 2 heterocycles. The van der Waals surface area contributed by atoms with Gasteiger partial charge in [0.2, 0.25) is 0 Å². The lowest BCUT2D eigenvalue weighted by Gasteiger charge is -2.22. The second-order valence-electron chi connectivity index (χ2n) is 5.33. The summed E-state index contributed by atoms with van der Waals surface area (Å²) < 4.78 is 0. The molecule has 1 aromatic heterocycles. The monoisotopic (exact) mass is 252 g/mol. The van der Waals surface area contributed by atoms with E-state index in [1.165, 1.54) is 49.0 Å². The van der Waals surface area contributed by atoms with E-state index in [2.05, 4.69) is 46.7 Å². The number of hydrogen-bond acceptors (Lipinski definition) is 2. The lowest BCUT2D eigenvalue weighted by Crippen LogP contribution is -2.28. The number of benzene rings is 1. The Morgan fingerprint density at radius 1 is 1.00 bits per heavy atom. The molecular formula is C17H20N2. The minimum Gasteiger partial charge on any atom is -0.317 e. The largest absolute Gasteiger partial charge is 0.317 e. The zero-order chi connectivity index (χ0) is 12.9. The van der Waals surface area contributed by atoms with Crippen LogP contribution in [-0.4, -0.2) is 18.1 Å². The zero-order valence-corrected chi connectivity index (χ0v) is 11.2. The van der Waals surface area contributed by atoms with Gasteiger partial charge in [0.05, 0.1) is 0 Å². The Kier molecular flexibility index (Phi) is 3.89. The van der Waals surface area contributed by atoms with Crippen LogP contribution in [0.3, 0.4) is 0 Å². The summed E-state index contributed by atoms with van der Waals surface area (Å²) in [5.41, 5.74) is 4.01. The molecule has 0 spiro atoms. The fourth-order valence-electron chi connectivity index (χ4n) is 2.84. The van der Waals surface area contributed by atoms with Crippen LogP contribution in [0.1, 0.15) is 18.4 Å². The van der Waals surface area contributed by atoms with Gasteiger partial charge in [-0.1, -0.05) is 24.3 Å². The van der Waals surface area contributed by atoms with E-state index in [0.717, 1.165) is 5.92 Å². The van der Waals surface area contributed by atoms with Gasteiger partial charge in [0, 0.05) is 12.4 Å². The average Bonchev–Trinajstić information content (AvgIpc) is 2.49. The topological polar surface area (TPSA) is 24.9 Å². The molecule has 98 valence electrons. The van der Waals surface area contributed by atoms with E-state index < -0.39 is 0 Å². The van der Waals surface area contributed by atoms with Crippen molar-refractivity contribution in [1.29, 1.82) is 0 Å². The molecule has 1 fully saturated rings. The molecule has 0 atom stereocenters. The number of hydrogen-bond donors (Lipinski definition) is 1. The molecule has 0 unspecified atom stereocenters. The van der Waals surface area contributed by atoms with Crippen LogP contribution in [0, 0.1) is 5.92 Å². The Hall–Kier alpha value is -1.67. The van der Waals surface area contributed by atoms with Crippen LogP contribution in [0.4, 0.5) is 0 Å². The second kappa shape index (κ2) is 5.98. The SMILES string of the molecule is c1cc(CC2CCNCC2)cc(-c2ccncc2)c1. The van der Waals surface area contributed by atoms with Crippen LogP contribution in [0.5, 0.6) is 0 Å². The van der Waals surface area contributed by atoms with Crippen molar-refractivity contribution in [3.8, 4) is 11.1 Å². The van der Waals surface area contributed by atoms with Crippen molar-refractivity contribution in [3.05, 3.63) is 54.4 Å². The normalized spacial score (nSPS) is 16.4. The van der Waals surface area contributed by atoms with Gasteiger partial charge in [-0.3, -0.25) is 4.98 Å². The third kappa shape index (κ3) is 3.21. The molecule has 0 amide bonds. The van der Waals surface area contributed by atoms with Gasteiger partial charge >= 0.3 is 0 Å². The summed E-state index contributed by atoms with van der Waals surface area (Å²) in [5, 5.41) is 3.43. The van der Waals surface area contributed by atoms with Gasteiger partial charge in [0.25, 0.3) is 0 Å². The lowest BCUT2D eigenvalue weighted by atomic mass is 9.90. The van der Waals surface area contributed by atoms with Gasteiger partial charge in [-0.05, 0) is 67.1 Å². The predicted octanol–water partition coefficient (Wildman–Crippen LogP) is 3.29. The predicted molar refractivity (Wildman–Crippen MR) is 79.0 cm³/mol. The molecule has 3 rings (SSSR count). The van der Waals surface area contributed by atoms with Crippen molar-refractivity contribution in [2.45, 2.75) is 19.3 Å². The van der Waals surface area contributed by atoms with E-state index >= 15 is 0 Å². The van der Waals surface area contributed by atoms with E-state index in [4.69, 9.17) is 0 Å². The van der Waals surface area contributed by atoms with E-state index in [0.29, 0.717) is 0 Å². The van der Waals surface area contributed by atoms with Crippen LogP contribution in [0.15, 0.2) is 48.8 Å². The molecule has 2 nitrogen and oxygen atoms in total. The van der Waals surface area contributed by atoms with E-state index in [1.807, 2.05) is 12.4 Å². The Morgan fingerprint density at radius 2 is 1.79 bits per heavy atom. The number of rotatable bonds is 3. The number of nitrogens with zero attached hydrogens (tertiary/aromatic N) is 1. The fourth-order valence-corrected chi connectivity index (χ4v) is 2.84. The number of aromatic nitrogens is 1. The van der Waals surface area contributed by atoms with E-state index in [-0.39, 0.29) is 0 Å². The maximum Gasteiger partial charge on any atom is 0.0273 e.